The van der Waals surface area contributed by atoms with Crippen LogP contribution in [-0.4, -0.2) is 30.4 Å². The van der Waals surface area contributed by atoms with Gasteiger partial charge in [-0.25, -0.2) is 9.59 Å². The Kier molecular flexibility index (Phi) is 6.74. The van der Waals surface area contributed by atoms with Gasteiger partial charge in [0.2, 0.25) is 0 Å². The van der Waals surface area contributed by atoms with Crippen molar-refractivity contribution >= 4 is 12.1 Å². The second-order valence-electron chi connectivity index (χ2n) is 6.15. The first-order chi connectivity index (χ1) is 10.6. The van der Waals surface area contributed by atoms with Gasteiger partial charge >= 0.3 is 12.1 Å². The number of cyclic esters (lactones) is 1. The van der Waals surface area contributed by atoms with E-state index in [2.05, 4.69) is 0 Å². The molecule has 2 aliphatic rings. The summed E-state index contributed by atoms with van der Waals surface area (Å²) < 4.78 is 15.6. The minimum Gasteiger partial charge on any atom is -0.460 e. The Morgan fingerprint density at radius 2 is 1.50 bits per heavy atom. The molecular weight excluding hydrogens is 284 g/mol. The molecule has 0 amide bonds. The highest BCUT2D eigenvalue weighted by Gasteiger charge is 2.34. The van der Waals surface area contributed by atoms with E-state index >= 15 is 0 Å². The number of carbonyl (C=O) groups excluding carboxylic acids is 2. The molecule has 22 heavy (non-hydrogen) atoms. The lowest BCUT2D eigenvalue weighted by atomic mass is 10.0. The third kappa shape index (κ3) is 5.70. The van der Waals surface area contributed by atoms with Crippen molar-refractivity contribution in [3.8, 4) is 0 Å². The first-order valence-electron chi connectivity index (χ1n) is 8.41. The Hall–Kier alpha value is -1.52. The summed E-state index contributed by atoms with van der Waals surface area (Å²) in [6.45, 7) is 1.91. The van der Waals surface area contributed by atoms with Crippen LogP contribution < -0.4 is 0 Å². The summed E-state index contributed by atoms with van der Waals surface area (Å²) in [6.07, 6.45) is 11.2. The first-order valence-corrected chi connectivity index (χ1v) is 8.41. The van der Waals surface area contributed by atoms with Crippen molar-refractivity contribution in [2.24, 2.45) is 0 Å². The average Bonchev–Trinajstić information content (AvgIpc) is 2.82. The Morgan fingerprint density at radius 3 is 2.23 bits per heavy atom. The van der Waals surface area contributed by atoms with Crippen molar-refractivity contribution in [1.82, 2.24) is 0 Å². The zero-order chi connectivity index (χ0) is 15.8. The number of carbonyl (C=O) groups is 2. The maximum absolute atomic E-state index is 11.8. The zero-order valence-electron chi connectivity index (χ0n) is 13.3. The molecule has 0 aliphatic carbocycles. The summed E-state index contributed by atoms with van der Waals surface area (Å²) in [5, 5.41) is 0. The summed E-state index contributed by atoms with van der Waals surface area (Å²) >= 11 is 0. The second kappa shape index (κ2) is 8.81. The number of hydrogen-bond acceptors (Lipinski definition) is 5. The SMILES string of the molecule is C[C@@H]1CCCCCCCCC[C@@H]2OC(=O)O[C@H]2/C=C/C(=O)O1. The van der Waals surface area contributed by atoms with E-state index in [0.29, 0.717) is 0 Å². The average molecular weight is 310 g/mol. The van der Waals surface area contributed by atoms with Crippen LogP contribution in [0.5, 0.6) is 0 Å². The fourth-order valence-corrected chi connectivity index (χ4v) is 2.92. The molecule has 2 rings (SSSR count). The van der Waals surface area contributed by atoms with E-state index in [-0.39, 0.29) is 18.2 Å². The predicted molar refractivity (Wildman–Crippen MR) is 81.4 cm³/mol. The van der Waals surface area contributed by atoms with Crippen LogP contribution in [0.4, 0.5) is 4.79 Å². The quantitative estimate of drug-likeness (QED) is 0.635. The molecule has 0 unspecified atom stereocenters. The minimum atomic E-state index is -0.653. The molecule has 2 aliphatic heterocycles. The van der Waals surface area contributed by atoms with Crippen molar-refractivity contribution in [3.63, 3.8) is 0 Å². The molecule has 124 valence electrons. The molecule has 0 aromatic heterocycles. The number of hydrogen-bond donors (Lipinski definition) is 0. The monoisotopic (exact) mass is 310 g/mol. The molecule has 3 atom stereocenters. The van der Waals surface area contributed by atoms with Gasteiger partial charge in [0.1, 0.15) is 6.10 Å². The van der Waals surface area contributed by atoms with Crippen LogP contribution in [0.3, 0.4) is 0 Å². The molecule has 0 bridgehead atoms. The van der Waals surface area contributed by atoms with E-state index in [9.17, 15) is 9.59 Å². The van der Waals surface area contributed by atoms with Crippen LogP contribution in [0.1, 0.15) is 64.7 Å². The van der Waals surface area contributed by atoms with Gasteiger partial charge in [-0.15, -0.1) is 0 Å². The Balaban J connectivity index is 1.94. The second-order valence-corrected chi connectivity index (χ2v) is 6.15. The normalized spacial score (nSPS) is 33.2. The van der Waals surface area contributed by atoms with Crippen LogP contribution in [0.2, 0.25) is 0 Å². The van der Waals surface area contributed by atoms with E-state index in [0.717, 1.165) is 32.1 Å². The molecule has 2 heterocycles. The van der Waals surface area contributed by atoms with Gasteiger partial charge in [0.05, 0.1) is 6.10 Å². The highest BCUT2D eigenvalue weighted by molar-refractivity contribution is 5.82. The van der Waals surface area contributed by atoms with Gasteiger partial charge in [0, 0.05) is 6.08 Å². The van der Waals surface area contributed by atoms with Crippen LogP contribution in [0.25, 0.3) is 0 Å². The highest BCUT2D eigenvalue weighted by atomic mass is 16.8. The molecule has 5 heteroatoms. The smallest absolute Gasteiger partial charge is 0.460 e. The van der Waals surface area contributed by atoms with E-state index < -0.39 is 12.3 Å². The molecular formula is C17H26O5. The maximum atomic E-state index is 11.8. The van der Waals surface area contributed by atoms with E-state index in [1.807, 2.05) is 6.92 Å². The molecule has 0 aromatic carbocycles. The highest BCUT2D eigenvalue weighted by Crippen LogP contribution is 2.22. The van der Waals surface area contributed by atoms with Crippen molar-refractivity contribution in [1.29, 1.82) is 0 Å². The van der Waals surface area contributed by atoms with Gasteiger partial charge in [-0.2, -0.15) is 0 Å². The Morgan fingerprint density at radius 1 is 0.864 bits per heavy atom. The fraction of sp³-hybridized carbons (Fsp3) is 0.765. The van der Waals surface area contributed by atoms with Crippen molar-refractivity contribution < 1.29 is 23.8 Å². The number of fused-ring (bicyclic) bond motifs is 1. The lowest BCUT2D eigenvalue weighted by Gasteiger charge is -2.14. The molecule has 1 saturated heterocycles. The van der Waals surface area contributed by atoms with E-state index in [4.69, 9.17) is 14.2 Å². The largest absolute Gasteiger partial charge is 0.509 e. The molecule has 0 aromatic rings. The van der Waals surface area contributed by atoms with Crippen LogP contribution >= 0.6 is 0 Å². The van der Waals surface area contributed by atoms with Crippen molar-refractivity contribution in [3.05, 3.63) is 12.2 Å². The lowest BCUT2D eigenvalue weighted by Crippen LogP contribution is -2.21. The molecule has 0 radical (unpaired) electrons. The fourth-order valence-electron chi connectivity index (χ4n) is 2.92. The van der Waals surface area contributed by atoms with Crippen LogP contribution in [0.15, 0.2) is 12.2 Å². The molecule has 0 spiro atoms. The van der Waals surface area contributed by atoms with Crippen LogP contribution in [0, 0.1) is 0 Å². The maximum Gasteiger partial charge on any atom is 0.509 e. The van der Waals surface area contributed by atoms with Gasteiger partial charge in [-0.05, 0) is 38.7 Å². The number of rotatable bonds is 0. The third-order valence-electron chi connectivity index (χ3n) is 4.18. The van der Waals surface area contributed by atoms with Gasteiger partial charge in [-0.3, -0.25) is 0 Å². The summed E-state index contributed by atoms with van der Waals surface area (Å²) in [4.78, 5) is 23.0. The minimum absolute atomic E-state index is 0.0803. The topological polar surface area (TPSA) is 61.8 Å². The van der Waals surface area contributed by atoms with E-state index in [1.165, 1.54) is 31.8 Å². The third-order valence-corrected chi connectivity index (χ3v) is 4.18. The predicted octanol–water partition coefficient (Wildman–Crippen LogP) is 3.90. The summed E-state index contributed by atoms with van der Waals surface area (Å²) in [6, 6.07) is 0. The Bertz CT molecular complexity index is 404. The van der Waals surface area contributed by atoms with Gasteiger partial charge in [-0.1, -0.05) is 32.1 Å². The standard InChI is InChI=1S/C17H26O5/c1-13-9-7-5-3-2-4-6-8-10-14-15(22-17(19)21-14)11-12-16(18)20-13/h11-15H,2-10H2,1H3/b12-11+/t13-,14+,15+/m1/s1. The molecule has 5 nitrogen and oxygen atoms in total. The van der Waals surface area contributed by atoms with Crippen molar-refractivity contribution in [2.75, 3.05) is 0 Å². The Labute approximate surface area is 132 Å². The van der Waals surface area contributed by atoms with Gasteiger partial charge < -0.3 is 14.2 Å². The molecule has 0 N–H and O–H groups in total. The van der Waals surface area contributed by atoms with Crippen molar-refractivity contribution in [2.45, 2.75) is 83.0 Å². The summed E-state index contributed by atoms with van der Waals surface area (Å²) in [5.41, 5.74) is 0. The number of ether oxygens (including phenoxy) is 3. The van der Waals surface area contributed by atoms with E-state index in [1.54, 1.807) is 6.08 Å². The number of esters is 1. The molecule has 0 saturated carbocycles. The van der Waals surface area contributed by atoms with Gasteiger partial charge in [0.15, 0.2) is 6.10 Å². The summed E-state index contributed by atoms with van der Waals surface area (Å²) in [7, 11) is 0. The van der Waals surface area contributed by atoms with Gasteiger partial charge in [0.25, 0.3) is 0 Å². The zero-order valence-corrected chi connectivity index (χ0v) is 13.3. The summed E-state index contributed by atoms with van der Waals surface area (Å²) in [5.74, 6) is -0.388. The first kappa shape index (κ1) is 16.8. The van der Waals surface area contributed by atoms with Crippen LogP contribution in [-0.2, 0) is 19.0 Å². The molecule has 1 fully saturated rings. The lowest BCUT2D eigenvalue weighted by molar-refractivity contribution is -0.142.